The molecule has 2 nitrogen and oxygen atoms in total. The molecule has 0 unspecified atom stereocenters. The molecule has 0 saturated heterocycles. The van der Waals surface area contributed by atoms with Crippen molar-refractivity contribution in [2.75, 3.05) is 0 Å². The van der Waals surface area contributed by atoms with Crippen molar-refractivity contribution in [1.29, 1.82) is 0 Å². The number of para-hydroxylation sites is 1. The fourth-order valence-electron chi connectivity index (χ4n) is 2.13. The molecule has 0 fully saturated rings. The van der Waals surface area contributed by atoms with Gasteiger partial charge in [-0.1, -0.05) is 41.4 Å². The highest BCUT2D eigenvalue weighted by Crippen LogP contribution is 2.31. The van der Waals surface area contributed by atoms with E-state index in [1.807, 2.05) is 12.1 Å². The summed E-state index contributed by atoms with van der Waals surface area (Å²) in [5.74, 6) is -0.134. The summed E-state index contributed by atoms with van der Waals surface area (Å²) in [4.78, 5) is 15.7. The summed E-state index contributed by atoms with van der Waals surface area (Å²) >= 11 is 15.6. The third-order valence-electron chi connectivity index (χ3n) is 3.11. The van der Waals surface area contributed by atoms with E-state index < -0.39 is 0 Å². The number of fused-ring (bicyclic) bond motifs is 1. The van der Waals surface area contributed by atoms with Crippen LogP contribution in [0.5, 0.6) is 0 Å². The number of benzene rings is 2. The topological polar surface area (TPSA) is 32.9 Å². The molecule has 1 heterocycles. The normalized spacial score (nSPS) is 10.9. The first-order valence-electron chi connectivity index (χ1n) is 5.84. The molecule has 1 aromatic heterocycles. The number of hydrogen-bond donors (Lipinski definition) is 1. The maximum Gasteiger partial charge on any atom is 0.196 e. The Bertz CT molecular complexity index is 826. The minimum absolute atomic E-state index is 0.134. The van der Waals surface area contributed by atoms with Crippen LogP contribution in [0.25, 0.3) is 10.9 Å². The van der Waals surface area contributed by atoms with Gasteiger partial charge < -0.3 is 4.98 Å². The van der Waals surface area contributed by atoms with Crippen LogP contribution in [0.4, 0.5) is 0 Å². The number of halogens is 3. The van der Waals surface area contributed by atoms with Crippen LogP contribution >= 0.6 is 39.1 Å². The Labute approximate surface area is 133 Å². The minimum Gasteiger partial charge on any atom is -0.359 e. The molecule has 3 aromatic rings. The summed E-state index contributed by atoms with van der Waals surface area (Å²) in [6.07, 6.45) is 1.66. The molecule has 3 rings (SSSR count). The molecule has 0 aliphatic carbocycles. The second-order valence-corrected chi connectivity index (χ2v) is 5.93. The summed E-state index contributed by atoms with van der Waals surface area (Å²) in [5.41, 5.74) is 1.77. The lowest BCUT2D eigenvalue weighted by Gasteiger charge is -2.04. The lowest BCUT2D eigenvalue weighted by Crippen LogP contribution is -2.01. The van der Waals surface area contributed by atoms with E-state index in [2.05, 4.69) is 20.9 Å². The Kier molecular flexibility index (Phi) is 3.59. The van der Waals surface area contributed by atoms with E-state index in [1.165, 1.54) is 0 Å². The van der Waals surface area contributed by atoms with E-state index >= 15 is 0 Å². The number of carbonyl (C=O) groups excluding carboxylic acids is 1. The van der Waals surface area contributed by atoms with Crippen LogP contribution in [0, 0.1) is 0 Å². The average molecular weight is 369 g/mol. The van der Waals surface area contributed by atoms with Gasteiger partial charge in [0, 0.05) is 27.2 Å². The molecule has 0 aliphatic rings. The number of rotatable bonds is 2. The Morgan fingerprint density at radius 1 is 1.05 bits per heavy atom. The van der Waals surface area contributed by atoms with Crippen molar-refractivity contribution >= 4 is 55.8 Å². The molecule has 20 heavy (non-hydrogen) atoms. The number of hydrogen-bond acceptors (Lipinski definition) is 1. The molecule has 5 heteroatoms. The van der Waals surface area contributed by atoms with Crippen LogP contribution in [0.15, 0.2) is 47.1 Å². The molecule has 0 spiro atoms. The van der Waals surface area contributed by atoms with E-state index in [9.17, 15) is 4.79 Å². The predicted molar refractivity (Wildman–Crippen MR) is 85.9 cm³/mol. The molecule has 0 atom stereocenters. The van der Waals surface area contributed by atoms with Gasteiger partial charge in [-0.2, -0.15) is 0 Å². The zero-order chi connectivity index (χ0) is 14.3. The second-order valence-electron chi connectivity index (χ2n) is 4.30. The van der Waals surface area contributed by atoms with Gasteiger partial charge in [-0.3, -0.25) is 4.79 Å². The van der Waals surface area contributed by atoms with Crippen LogP contribution in [0.2, 0.25) is 10.0 Å². The van der Waals surface area contributed by atoms with Gasteiger partial charge in [0.2, 0.25) is 0 Å². The molecular weight excluding hydrogens is 361 g/mol. The molecular formula is C15H8BrCl2NO. The highest BCUT2D eigenvalue weighted by molar-refractivity contribution is 9.10. The van der Waals surface area contributed by atoms with Gasteiger partial charge in [0.05, 0.1) is 15.6 Å². The van der Waals surface area contributed by atoms with Gasteiger partial charge in [0.15, 0.2) is 5.78 Å². The van der Waals surface area contributed by atoms with Crippen molar-refractivity contribution in [3.63, 3.8) is 0 Å². The first-order chi connectivity index (χ1) is 9.59. The predicted octanol–water partition coefficient (Wildman–Crippen LogP) is 5.47. The quantitative estimate of drug-likeness (QED) is 0.598. The van der Waals surface area contributed by atoms with Crippen molar-refractivity contribution in [3.05, 3.63) is 68.2 Å². The van der Waals surface area contributed by atoms with E-state index in [1.54, 1.807) is 30.5 Å². The highest BCUT2D eigenvalue weighted by Gasteiger charge is 2.18. The van der Waals surface area contributed by atoms with Crippen LogP contribution in [0.1, 0.15) is 15.9 Å². The number of aromatic amines is 1. The second kappa shape index (κ2) is 5.24. The largest absolute Gasteiger partial charge is 0.359 e. The lowest BCUT2D eigenvalue weighted by atomic mass is 10.0. The lowest BCUT2D eigenvalue weighted by molar-refractivity contribution is 0.104. The number of carbonyl (C=O) groups is 1. The molecule has 0 radical (unpaired) electrons. The maximum atomic E-state index is 12.6. The van der Waals surface area contributed by atoms with Crippen LogP contribution < -0.4 is 0 Å². The average Bonchev–Trinajstić information content (AvgIpc) is 2.86. The zero-order valence-electron chi connectivity index (χ0n) is 10.1. The van der Waals surface area contributed by atoms with Crippen LogP contribution in [-0.4, -0.2) is 10.8 Å². The molecule has 0 saturated carbocycles. The Balaban J connectivity index is 2.18. The molecule has 0 amide bonds. The number of nitrogens with one attached hydrogen (secondary N) is 1. The summed E-state index contributed by atoms with van der Waals surface area (Å²) < 4.78 is 0.697. The van der Waals surface area contributed by atoms with Gasteiger partial charge in [-0.15, -0.1) is 0 Å². The molecule has 100 valence electrons. The molecule has 0 bridgehead atoms. The SMILES string of the molecule is O=C(c1cccc(Br)c1Cl)c1c[nH]c2c(Cl)cccc12. The monoisotopic (exact) mass is 367 g/mol. The van der Waals surface area contributed by atoms with Crippen molar-refractivity contribution in [2.24, 2.45) is 0 Å². The first-order valence-corrected chi connectivity index (χ1v) is 7.39. The van der Waals surface area contributed by atoms with Crippen molar-refractivity contribution in [2.45, 2.75) is 0 Å². The van der Waals surface area contributed by atoms with E-state index in [-0.39, 0.29) is 5.78 Å². The molecule has 0 aliphatic heterocycles. The van der Waals surface area contributed by atoms with E-state index in [0.29, 0.717) is 25.6 Å². The summed E-state index contributed by atoms with van der Waals surface area (Å²) in [5, 5.41) is 1.79. The Hall–Kier alpha value is -1.29. The Morgan fingerprint density at radius 3 is 2.60 bits per heavy atom. The van der Waals surface area contributed by atoms with Gasteiger partial charge in [-0.05, 0) is 34.1 Å². The first kappa shape index (κ1) is 13.7. The van der Waals surface area contributed by atoms with Gasteiger partial charge in [0.1, 0.15) is 0 Å². The van der Waals surface area contributed by atoms with Crippen LogP contribution in [0.3, 0.4) is 0 Å². The third-order valence-corrected chi connectivity index (χ3v) is 4.72. The number of H-pyrrole nitrogens is 1. The number of aromatic nitrogens is 1. The standard InChI is InChI=1S/C15H8BrCl2NO/c16-11-5-1-4-9(13(11)18)15(20)10-7-19-14-8(10)3-2-6-12(14)17/h1-7,19H. The van der Waals surface area contributed by atoms with E-state index in [0.717, 1.165) is 10.9 Å². The van der Waals surface area contributed by atoms with Gasteiger partial charge in [-0.25, -0.2) is 0 Å². The van der Waals surface area contributed by atoms with Crippen LogP contribution in [-0.2, 0) is 0 Å². The van der Waals surface area contributed by atoms with E-state index in [4.69, 9.17) is 23.2 Å². The smallest absolute Gasteiger partial charge is 0.196 e. The highest BCUT2D eigenvalue weighted by atomic mass is 79.9. The number of ketones is 1. The van der Waals surface area contributed by atoms with Gasteiger partial charge >= 0.3 is 0 Å². The van der Waals surface area contributed by atoms with Crippen molar-refractivity contribution < 1.29 is 4.79 Å². The van der Waals surface area contributed by atoms with Crippen molar-refractivity contribution in [3.8, 4) is 0 Å². The summed E-state index contributed by atoms with van der Waals surface area (Å²) in [6.45, 7) is 0. The molecule has 1 N–H and O–H groups in total. The molecule has 2 aromatic carbocycles. The minimum atomic E-state index is -0.134. The van der Waals surface area contributed by atoms with Crippen molar-refractivity contribution in [1.82, 2.24) is 4.98 Å². The zero-order valence-corrected chi connectivity index (χ0v) is 13.2. The Morgan fingerprint density at radius 2 is 1.80 bits per heavy atom. The third kappa shape index (κ3) is 2.16. The maximum absolute atomic E-state index is 12.6. The fraction of sp³-hybridized carbons (Fsp3) is 0. The fourth-order valence-corrected chi connectivity index (χ4v) is 2.94. The summed E-state index contributed by atoms with van der Waals surface area (Å²) in [6, 6.07) is 10.7. The van der Waals surface area contributed by atoms with Gasteiger partial charge in [0.25, 0.3) is 0 Å². The summed E-state index contributed by atoms with van der Waals surface area (Å²) in [7, 11) is 0.